The minimum Gasteiger partial charge on any atom is -0.465 e. The predicted octanol–water partition coefficient (Wildman–Crippen LogP) is 2.63. The molecule has 3 aliphatic heterocycles. The Morgan fingerprint density at radius 3 is 2.67 bits per heavy atom. The molecule has 3 rings (SSSR count). The van der Waals surface area contributed by atoms with Crippen LogP contribution in [0.4, 0.5) is 4.79 Å². The third-order valence-corrected chi connectivity index (χ3v) is 6.01. The second-order valence-electron chi connectivity index (χ2n) is 8.41. The van der Waals surface area contributed by atoms with Gasteiger partial charge in [-0.25, -0.2) is 4.79 Å². The van der Waals surface area contributed by atoms with Crippen LogP contribution in [0.15, 0.2) is 0 Å². The van der Waals surface area contributed by atoms with E-state index in [2.05, 4.69) is 27.7 Å². The van der Waals surface area contributed by atoms with Gasteiger partial charge in [-0.05, 0) is 24.7 Å². The number of likely N-dealkylation sites (tertiary alicyclic amines) is 1. The van der Waals surface area contributed by atoms with Gasteiger partial charge in [0.05, 0.1) is 12.6 Å². The van der Waals surface area contributed by atoms with Crippen LogP contribution in [0.5, 0.6) is 0 Å². The number of carbonyl (C=O) groups is 2. The molecule has 3 fully saturated rings. The Bertz CT molecular complexity index is 521. The van der Waals surface area contributed by atoms with Gasteiger partial charge in [0.15, 0.2) is 0 Å². The molecular formula is C18H30N2O4. The monoisotopic (exact) mass is 338 g/mol. The molecule has 6 nitrogen and oxygen atoms in total. The summed E-state index contributed by atoms with van der Waals surface area (Å²) in [7, 11) is 0. The number of hydrogen-bond donors (Lipinski definition) is 1. The number of ether oxygens (including phenoxy) is 1. The molecule has 0 bridgehead atoms. The van der Waals surface area contributed by atoms with E-state index in [0.29, 0.717) is 38.0 Å². The summed E-state index contributed by atoms with van der Waals surface area (Å²) in [6.07, 6.45) is 1.32. The molecule has 4 unspecified atom stereocenters. The summed E-state index contributed by atoms with van der Waals surface area (Å²) in [5.41, 5.74) is -0.578. The molecule has 3 aliphatic rings. The molecule has 3 heterocycles. The highest BCUT2D eigenvalue weighted by atomic mass is 16.5. The molecule has 0 aromatic carbocycles. The van der Waals surface area contributed by atoms with Crippen LogP contribution < -0.4 is 0 Å². The molecule has 1 N–H and O–H groups in total. The van der Waals surface area contributed by atoms with Crippen LogP contribution in [-0.4, -0.2) is 58.4 Å². The van der Waals surface area contributed by atoms with Crippen molar-refractivity contribution in [1.29, 1.82) is 0 Å². The van der Waals surface area contributed by atoms with E-state index in [9.17, 15) is 14.7 Å². The molecule has 0 aromatic heterocycles. The van der Waals surface area contributed by atoms with E-state index >= 15 is 0 Å². The fourth-order valence-corrected chi connectivity index (χ4v) is 4.84. The van der Waals surface area contributed by atoms with Gasteiger partial charge in [-0.3, -0.25) is 4.79 Å². The molecule has 0 saturated carbocycles. The molecular weight excluding hydrogens is 308 g/mol. The maximum atomic E-state index is 13.2. The van der Waals surface area contributed by atoms with E-state index in [1.54, 1.807) is 0 Å². The first kappa shape index (κ1) is 17.5. The third kappa shape index (κ3) is 2.68. The molecule has 0 radical (unpaired) electrons. The van der Waals surface area contributed by atoms with Crippen molar-refractivity contribution in [3.63, 3.8) is 0 Å². The van der Waals surface area contributed by atoms with Gasteiger partial charge in [-0.2, -0.15) is 0 Å². The lowest BCUT2D eigenvalue weighted by Gasteiger charge is -2.54. The molecule has 4 atom stereocenters. The van der Waals surface area contributed by atoms with E-state index in [0.717, 1.165) is 12.8 Å². The van der Waals surface area contributed by atoms with Crippen molar-refractivity contribution in [1.82, 2.24) is 9.80 Å². The fourth-order valence-electron chi connectivity index (χ4n) is 4.84. The summed E-state index contributed by atoms with van der Waals surface area (Å²) in [4.78, 5) is 28.2. The second-order valence-corrected chi connectivity index (χ2v) is 8.41. The first-order valence-electron chi connectivity index (χ1n) is 9.21. The van der Waals surface area contributed by atoms with Gasteiger partial charge in [-0.1, -0.05) is 27.7 Å². The highest BCUT2D eigenvalue weighted by molar-refractivity contribution is 5.81. The van der Waals surface area contributed by atoms with Crippen molar-refractivity contribution < 1.29 is 19.4 Å². The maximum absolute atomic E-state index is 13.2. The highest BCUT2D eigenvalue weighted by Gasteiger charge is 2.61. The summed E-state index contributed by atoms with van der Waals surface area (Å²) in [5, 5.41) is 9.37. The van der Waals surface area contributed by atoms with Crippen molar-refractivity contribution in [2.45, 2.75) is 58.7 Å². The number of amides is 2. The van der Waals surface area contributed by atoms with Crippen LogP contribution in [0.2, 0.25) is 0 Å². The SMILES string of the molecule is CC(C)CC1CC2CN(C(=O)O)CCC23OCC(C(C)C)N3C1=O. The number of rotatable bonds is 3. The summed E-state index contributed by atoms with van der Waals surface area (Å²) < 4.78 is 6.26. The third-order valence-electron chi connectivity index (χ3n) is 6.01. The number of carbonyl (C=O) groups excluding carboxylic acids is 1. The Kier molecular flexibility index (Phi) is 4.53. The number of nitrogens with zero attached hydrogens (tertiary/aromatic N) is 2. The van der Waals surface area contributed by atoms with E-state index in [4.69, 9.17) is 4.74 Å². The fraction of sp³-hybridized carbons (Fsp3) is 0.889. The average Bonchev–Trinajstić information content (AvgIpc) is 2.88. The molecule has 0 aliphatic carbocycles. The Balaban J connectivity index is 1.93. The summed E-state index contributed by atoms with van der Waals surface area (Å²) in [6.45, 7) is 10.0. The normalized spacial score (nSPS) is 36.2. The van der Waals surface area contributed by atoms with Gasteiger partial charge in [-0.15, -0.1) is 0 Å². The number of carboxylic acid groups (broad SMARTS) is 1. The van der Waals surface area contributed by atoms with Gasteiger partial charge in [0.2, 0.25) is 5.91 Å². The lowest BCUT2D eigenvalue weighted by molar-refractivity contribution is -0.198. The Morgan fingerprint density at radius 1 is 1.38 bits per heavy atom. The lowest BCUT2D eigenvalue weighted by Crippen LogP contribution is -2.67. The zero-order chi connectivity index (χ0) is 17.6. The van der Waals surface area contributed by atoms with Crippen LogP contribution >= 0.6 is 0 Å². The van der Waals surface area contributed by atoms with Crippen molar-refractivity contribution in [3.8, 4) is 0 Å². The van der Waals surface area contributed by atoms with E-state index in [-0.39, 0.29) is 23.8 Å². The largest absolute Gasteiger partial charge is 0.465 e. The first-order valence-corrected chi connectivity index (χ1v) is 9.21. The van der Waals surface area contributed by atoms with Gasteiger partial charge >= 0.3 is 6.09 Å². The minimum absolute atomic E-state index is 0.0141. The summed E-state index contributed by atoms with van der Waals surface area (Å²) in [6, 6.07) is 0.103. The predicted molar refractivity (Wildman–Crippen MR) is 89.4 cm³/mol. The van der Waals surface area contributed by atoms with E-state index < -0.39 is 11.8 Å². The first-order chi connectivity index (χ1) is 11.3. The van der Waals surface area contributed by atoms with Crippen molar-refractivity contribution >= 4 is 12.0 Å². The van der Waals surface area contributed by atoms with Gasteiger partial charge < -0.3 is 19.6 Å². The summed E-state index contributed by atoms with van der Waals surface area (Å²) in [5.74, 6) is 1.07. The van der Waals surface area contributed by atoms with Crippen LogP contribution in [-0.2, 0) is 9.53 Å². The number of piperidine rings is 2. The minimum atomic E-state index is -0.868. The van der Waals surface area contributed by atoms with E-state index in [1.807, 2.05) is 4.90 Å². The summed E-state index contributed by atoms with van der Waals surface area (Å²) >= 11 is 0. The molecule has 136 valence electrons. The standard InChI is InChI=1S/C18H30N2O4/c1-11(2)7-13-8-14-9-19(17(22)23)6-5-18(14)20(16(13)21)15(10-24-18)12(3)4/h11-15H,5-10H2,1-4H3,(H,22,23). The van der Waals surface area contributed by atoms with Gasteiger partial charge in [0, 0.05) is 31.3 Å². The second kappa shape index (κ2) is 6.21. The Labute approximate surface area is 144 Å². The van der Waals surface area contributed by atoms with E-state index in [1.165, 1.54) is 4.90 Å². The molecule has 0 aromatic rings. The Hall–Kier alpha value is -1.30. The molecule has 24 heavy (non-hydrogen) atoms. The van der Waals surface area contributed by atoms with Crippen molar-refractivity contribution in [2.24, 2.45) is 23.7 Å². The number of hydrogen-bond acceptors (Lipinski definition) is 3. The zero-order valence-electron chi connectivity index (χ0n) is 15.2. The van der Waals surface area contributed by atoms with Crippen LogP contribution in [0.25, 0.3) is 0 Å². The Morgan fingerprint density at radius 2 is 2.08 bits per heavy atom. The van der Waals surface area contributed by atoms with Crippen molar-refractivity contribution in [2.75, 3.05) is 19.7 Å². The van der Waals surface area contributed by atoms with Gasteiger partial charge in [0.1, 0.15) is 5.72 Å². The van der Waals surface area contributed by atoms with Gasteiger partial charge in [0.25, 0.3) is 0 Å². The van der Waals surface area contributed by atoms with Crippen LogP contribution in [0, 0.1) is 23.7 Å². The average molecular weight is 338 g/mol. The topological polar surface area (TPSA) is 70.1 Å². The maximum Gasteiger partial charge on any atom is 0.407 e. The lowest BCUT2D eigenvalue weighted by atomic mass is 9.73. The smallest absolute Gasteiger partial charge is 0.407 e. The highest BCUT2D eigenvalue weighted by Crippen LogP contribution is 2.49. The molecule has 2 amide bonds. The quantitative estimate of drug-likeness (QED) is 0.859. The zero-order valence-corrected chi connectivity index (χ0v) is 15.2. The molecule has 6 heteroatoms. The van der Waals surface area contributed by atoms with Crippen molar-refractivity contribution in [3.05, 3.63) is 0 Å². The molecule has 1 spiro atoms. The van der Waals surface area contributed by atoms with Crippen LogP contribution in [0.1, 0.15) is 47.0 Å². The molecule has 3 saturated heterocycles. The van der Waals surface area contributed by atoms with Crippen LogP contribution in [0.3, 0.4) is 0 Å².